The Bertz CT molecular complexity index is 652. The highest BCUT2D eigenvalue weighted by Crippen LogP contribution is 2.31. The van der Waals surface area contributed by atoms with Crippen molar-refractivity contribution >= 4 is 5.78 Å². The summed E-state index contributed by atoms with van der Waals surface area (Å²) in [5.41, 5.74) is -1.26. The van der Waals surface area contributed by atoms with Crippen LogP contribution >= 0.6 is 0 Å². The molecular formula is C15H11F4NO. The molecule has 2 nitrogen and oxygen atoms in total. The molecule has 1 unspecified atom stereocenters. The topological polar surface area (TPSA) is 30.0 Å². The minimum Gasteiger partial charge on any atom is -0.293 e. The van der Waals surface area contributed by atoms with Gasteiger partial charge in [-0.05, 0) is 37.3 Å². The van der Waals surface area contributed by atoms with Crippen LogP contribution in [0.2, 0.25) is 0 Å². The van der Waals surface area contributed by atoms with Gasteiger partial charge >= 0.3 is 6.18 Å². The predicted octanol–water partition coefficient (Wildman–Crippen LogP) is 4.23. The molecule has 0 aliphatic rings. The molecule has 0 aliphatic heterocycles. The Morgan fingerprint density at radius 1 is 1.19 bits per heavy atom. The van der Waals surface area contributed by atoms with E-state index in [0.29, 0.717) is 23.9 Å². The van der Waals surface area contributed by atoms with Gasteiger partial charge in [0.1, 0.15) is 5.82 Å². The van der Waals surface area contributed by atoms with Crippen LogP contribution in [0.3, 0.4) is 0 Å². The summed E-state index contributed by atoms with van der Waals surface area (Å²) in [6, 6.07) is 6.66. The largest absolute Gasteiger partial charge is 0.416 e. The first kappa shape index (κ1) is 15.2. The second-order valence-corrected chi connectivity index (χ2v) is 4.53. The Hall–Kier alpha value is -2.24. The monoisotopic (exact) mass is 297 g/mol. The lowest BCUT2D eigenvalue weighted by Crippen LogP contribution is -2.15. The molecule has 2 aromatic rings. The Kier molecular flexibility index (Phi) is 4.06. The fourth-order valence-electron chi connectivity index (χ4n) is 1.89. The molecule has 0 saturated carbocycles. The standard InChI is InChI=1S/C15H11F4NO/c1-9(13-4-2-3-7-20-13)14(21)11-8-10(15(17,18)19)5-6-12(11)16/h2-9H,1H3. The van der Waals surface area contributed by atoms with Crippen molar-refractivity contribution in [3.8, 4) is 0 Å². The first-order chi connectivity index (χ1) is 9.80. The van der Waals surface area contributed by atoms with Gasteiger partial charge in [-0.1, -0.05) is 6.07 Å². The summed E-state index contributed by atoms with van der Waals surface area (Å²) in [5, 5.41) is 0. The summed E-state index contributed by atoms with van der Waals surface area (Å²) < 4.78 is 51.6. The molecule has 1 atom stereocenters. The molecule has 0 spiro atoms. The number of Topliss-reactive ketones (excluding diaryl/α,β-unsaturated/α-hetero) is 1. The van der Waals surface area contributed by atoms with Gasteiger partial charge in [-0.15, -0.1) is 0 Å². The molecule has 0 bridgehead atoms. The van der Waals surface area contributed by atoms with Crippen LogP contribution < -0.4 is 0 Å². The van der Waals surface area contributed by atoms with E-state index in [2.05, 4.69) is 4.98 Å². The van der Waals surface area contributed by atoms with Crippen LogP contribution in [0.5, 0.6) is 0 Å². The molecule has 1 heterocycles. The van der Waals surface area contributed by atoms with E-state index in [4.69, 9.17) is 0 Å². The zero-order valence-corrected chi connectivity index (χ0v) is 11.0. The molecule has 6 heteroatoms. The lowest BCUT2D eigenvalue weighted by molar-refractivity contribution is -0.137. The molecule has 0 radical (unpaired) electrons. The number of hydrogen-bond donors (Lipinski definition) is 0. The first-order valence-electron chi connectivity index (χ1n) is 6.12. The summed E-state index contributed by atoms with van der Waals surface area (Å²) in [5.74, 6) is -2.54. The van der Waals surface area contributed by atoms with Crippen molar-refractivity contribution < 1.29 is 22.4 Å². The van der Waals surface area contributed by atoms with Crippen molar-refractivity contribution in [1.29, 1.82) is 0 Å². The highest BCUT2D eigenvalue weighted by molar-refractivity contribution is 6.00. The van der Waals surface area contributed by atoms with Crippen LogP contribution in [0.15, 0.2) is 42.6 Å². The SMILES string of the molecule is CC(C(=O)c1cc(C(F)(F)F)ccc1F)c1ccccn1. The smallest absolute Gasteiger partial charge is 0.293 e. The van der Waals surface area contributed by atoms with Crippen LogP contribution in [0.25, 0.3) is 0 Å². The number of aromatic nitrogens is 1. The number of pyridine rings is 1. The van der Waals surface area contributed by atoms with E-state index < -0.39 is 34.8 Å². The number of hydrogen-bond acceptors (Lipinski definition) is 2. The van der Waals surface area contributed by atoms with Gasteiger partial charge in [0.2, 0.25) is 0 Å². The minimum atomic E-state index is -4.63. The minimum absolute atomic E-state index is 0.374. The van der Waals surface area contributed by atoms with E-state index in [1.807, 2.05) is 0 Å². The predicted molar refractivity (Wildman–Crippen MR) is 68.4 cm³/mol. The highest BCUT2D eigenvalue weighted by atomic mass is 19.4. The third kappa shape index (κ3) is 3.26. The molecule has 0 fully saturated rings. The first-order valence-corrected chi connectivity index (χ1v) is 6.12. The number of ketones is 1. The Morgan fingerprint density at radius 2 is 1.90 bits per heavy atom. The van der Waals surface area contributed by atoms with E-state index in [0.717, 1.165) is 0 Å². The molecule has 2 rings (SSSR count). The van der Waals surface area contributed by atoms with E-state index in [9.17, 15) is 22.4 Å². The number of halogens is 4. The van der Waals surface area contributed by atoms with Crippen molar-refractivity contribution in [3.05, 3.63) is 65.2 Å². The van der Waals surface area contributed by atoms with E-state index in [1.54, 1.807) is 18.2 Å². The summed E-state index contributed by atoms with van der Waals surface area (Å²) in [7, 11) is 0. The zero-order valence-electron chi connectivity index (χ0n) is 11.0. The quantitative estimate of drug-likeness (QED) is 0.627. The lowest BCUT2D eigenvalue weighted by Gasteiger charge is -2.13. The second kappa shape index (κ2) is 5.63. The number of nitrogens with zero attached hydrogens (tertiary/aromatic N) is 1. The number of carbonyl (C=O) groups is 1. The molecule has 110 valence electrons. The Balaban J connectivity index is 2.39. The van der Waals surface area contributed by atoms with Crippen molar-refractivity contribution in [3.63, 3.8) is 0 Å². The molecule has 1 aromatic heterocycles. The van der Waals surface area contributed by atoms with Crippen LogP contribution in [0, 0.1) is 5.82 Å². The third-order valence-corrected chi connectivity index (χ3v) is 3.08. The number of rotatable bonds is 3. The molecule has 1 aromatic carbocycles. The average molecular weight is 297 g/mol. The van der Waals surface area contributed by atoms with Gasteiger partial charge < -0.3 is 0 Å². The number of benzene rings is 1. The molecule has 0 saturated heterocycles. The van der Waals surface area contributed by atoms with Gasteiger partial charge in [-0.3, -0.25) is 9.78 Å². The zero-order chi connectivity index (χ0) is 15.6. The molecule has 0 amide bonds. The van der Waals surface area contributed by atoms with Crippen LogP contribution in [0.1, 0.15) is 34.5 Å². The van der Waals surface area contributed by atoms with Crippen molar-refractivity contribution in [1.82, 2.24) is 4.98 Å². The van der Waals surface area contributed by atoms with E-state index in [-0.39, 0.29) is 0 Å². The van der Waals surface area contributed by atoms with Crippen LogP contribution in [-0.4, -0.2) is 10.8 Å². The second-order valence-electron chi connectivity index (χ2n) is 4.53. The van der Waals surface area contributed by atoms with E-state index in [1.165, 1.54) is 13.1 Å². The van der Waals surface area contributed by atoms with Gasteiger partial charge in [0.15, 0.2) is 5.78 Å². The number of alkyl halides is 3. The van der Waals surface area contributed by atoms with Gasteiger partial charge in [0, 0.05) is 6.20 Å². The van der Waals surface area contributed by atoms with Crippen LogP contribution in [-0.2, 0) is 6.18 Å². The van der Waals surface area contributed by atoms with Gasteiger partial charge in [-0.25, -0.2) is 4.39 Å². The van der Waals surface area contributed by atoms with Crippen molar-refractivity contribution in [2.75, 3.05) is 0 Å². The summed E-state index contributed by atoms with van der Waals surface area (Å²) >= 11 is 0. The molecule has 0 aliphatic carbocycles. The van der Waals surface area contributed by atoms with Gasteiger partial charge in [0.05, 0.1) is 22.7 Å². The molecule has 21 heavy (non-hydrogen) atoms. The highest BCUT2D eigenvalue weighted by Gasteiger charge is 2.32. The maximum Gasteiger partial charge on any atom is 0.416 e. The van der Waals surface area contributed by atoms with Gasteiger partial charge in [0.25, 0.3) is 0 Å². The van der Waals surface area contributed by atoms with Crippen molar-refractivity contribution in [2.45, 2.75) is 19.0 Å². The number of carbonyl (C=O) groups excluding carboxylic acids is 1. The maximum atomic E-state index is 13.7. The van der Waals surface area contributed by atoms with Crippen molar-refractivity contribution in [2.24, 2.45) is 0 Å². The fraction of sp³-hybridized carbons (Fsp3) is 0.200. The van der Waals surface area contributed by atoms with E-state index >= 15 is 0 Å². The van der Waals surface area contributed by atoms with Crippen LogP contribution in [0.4, 0.5) is 17.6 Å². The molecule has 0 N–H and O–H groups in total. The molecular weight excluding hydrogens is 286 g/mol. The Morgan fingerprint density at radius 3 is 2.48 bits per heavy atom. The fourth-order valence-corrected chi connectivity index (χ4v) is 1.89. The summed E-state index contributed by atoms with van der Waals surface area (Å²) in [6.07, 6.45) is -3.17. The summed E-state index contributed by atoms with van der Waals surface area (Å²) in [4.78, 5) is 16.2. The maximum absolute atomic E-state index is 13.7. The average Bonchev–Trinajstić information content (AvgIpc) is 2.46. The third-order valence-electron chi connectivity index (χ3n) is 3.08. The lowest BCUT2D eigenvalue weighted by atomic mass is 9.94. The Labute approximate surface area is 118 Å². The summed E-state index contributed by atoms with van der Waals surface area (Å²) in [6.45, 7) is 1.48. The van der Waals surface area contributed by atoms with Gasteiger partial charge in [-0.2, -0.15) is 13.2 Å². The normalized spacial score (nSPS) is 13.0.